The number of nitrogens with one attached hydrogen (secondary N) is 1. The molecule has 1 heterocycles. The predicted octanol–water partition coefficient (Wildman–Crippen LogP) is 1.85. The molecular formula is C14H26N2O2. The molecule has 1 saturated heterocycles. The summed E-state index contributed by atoms with van der Waals surface area (Å²) in [6.45, 7) is 6.12. The summed E-state index contributed by atoms with van der Waals surface area (Å²) >= 11 is 0. The first-order valence-corrected chi connectivity index (χ1v) is 7.37. The number of aliphatic carboxylic acids is 1. The number of likely N-dealkylation sites (tertiary alicyclic amines) is 1. The molecule has 0 aromatic rings. The molecule has 0 amide bonds. The fourth-order valence-corrected chi connectivity index (χ4v) is 3.85. The van der Waals surface area contributed by atoms with Gasteiger partial charge in [0.1, 0.15) is 5.54 Å². The van der Waals surface area contributed by atoms with Crippen LogP contribution in [-0.2, 0) is 4.79 Å². The summed E-state index contributed by atoms with van der Waals surface area (Å²) in [7, 11) is 0. The Balaban J connectivity index is 2.04. The van der Waals surface area contributed by atoms with Crippen molar-refractivity contribution in [3.63, 3.8) is 0 Å². The molecule has 4 heteroatoms. The number of nitrogens with zero attached hydrogens (tertiary/aromatic N) is 1. The van der Waals surface area contributed by atoms with Crippen LogP contribution < -0.4 is 5.32 Å². The summed E-state index contributed by atoms with van der Waals surface area (Å²) in [6.07, 6.45) is 6.32. The Morgan fingerprint density at radius 1 is 1.44 bits per heavy atom. The van der Waals surface area contributed by atoms with Gasteiger partial charge in [0, 0.05) is 12.1 Å². The molecule has 3 unspecified atom stereocenters. The van der Waals surface area contributed by atoms with Gasteiger partial charge in [-0.3, -0.25) is 9.69 Å². The molecule has 0 spiro atoms. The molecule has 1 saturated carbocycles. The average Bonchev–Trinajstić information content (AvgIpc) is 2.95. The molecule has 18 heavy (non-hydrogen) atoms. The molecule has 3 atom stereocenters. The Morgan fingerprint density at radius 3 is 2.83 bits per heavy atom. The van der Waals surface area contributed by atoms with Crippen molar-refractivity contribution in [1.29, 1.82) is 0 Å². The van der Waals surface area contributed by atoms with E-state index >= 15 is 0 Å². The van der Waals surface area contributed by atoms with Crippen molar-refractivity contribution in [2.24, 2.45) is 0 Å². The standard InChI is InChI=1S/C14H26N2O2/c1-3-11-6-5-9-16(11)12-7-8-14(10-12,13(17)18)15-4-2/h11-12,15H,3-10H2,1-2H3,(H,17,18). The zero-order valence-corrected chi connectivity index (χ0v) is 11.6. The fraction of sp³-hybridized carbons (Fsp3) is 0.929. The quantitative estimate of drug-likeness (QED) is 0.786. The van der Waals surface area contributed by atoms with E-state index in [0.717, 1.165) is 32.4 Å². The van der Waals surface area contributed by atoms with Crippen LogP contribution in [0.2, 0.25) is 0 Å². The molecule has 2 aliphatic rings. The minimum absolute atomic E-state index is 0.465. The lowest BCUT2D eigenvalue weighted by molar-refractivity contribution is -0.144. The Labute approximate surface area is 110 Å². The molecule has 0 radical (unpaired) electrons. The third-order valence-electron chi connectivity index (χ3n) is 4.78. The highest BCUT2D eigenvalue weighted by Crippen LogP contribution is 2.37. The van der Waals surface area contributed by atoms with E-state index in [1.807, 2.05) is 6.92 Å². The van der Waals surface area contributed by atoms with Gasteiger partial charge in [0.25, 0.3) is 0 Å². The lowest BCUT2D eigenvalue weighted by atomic mass is 9.97. The van der Waals surface area contributed by atoms with E-state index < -0.39 is 11.5 Å². The van der Waals surface area contributed by atoms with Crippen molar-refractivity contribution in [2.75, 3.05) is 13.1 Å². The second kappa shape index (κ2) is 5.57. The number of carboxylic acids is 1. The molecule has 0 aromatic heterocycles. The topological polar surface area (TPSA) is 52.6 Å². The van der Waals surface area contributed by atoms with Gasteiger partial charge < -0.3 is 10.4 Å². The minimum Gasteiger partial charge on any atom is -0.480 e. The van der Waals surface area contributed by atoms with Gasteiger partial charge >= 0.3 is 5.97 Å². The van der Waals surface area contributed by atoms with Gasteiger partial charge in [-0.25, -0.2) is 0 Å². The van der Waals surface area contributed by atoms with Crippen molar-refractivity contribution < 1.29 is 9.90 Å². The van der Waals surface area contributed by atoms with Gasteiger partial charge in [-0.05, 0) is 51.6 Å². The molecule has 0 aromatic carbocycles. The van der Waals surface area contributed by atoms with Crippen LogP contribution in [0.4, 0.5) is 0 Å². The Bertz CT molecular complexity index is 308. The average molecular weight is 254 g/mol. The molecule has 1 aliphatic heterocycles. The van der Waals surface area contributed by atoms with Crippen molar-refractivity contribution in [1.82, 2.24) is 10.2 Å². The van der Waals surface area contributed by atoms with E-state index in [1.165, 1.54) is 19.3 Å². The van der Waals surface area contributed by atoms with Crippen LogP contribution in [0, 0.1) is 0 Å². The van der Waals surface area contributed by atoms with Crippen LogP contribution in [0.5, 0.6) is 0 Å². The summed E-state index contributed by atoms with van der Waals surface area (Å²) in [4.78, 5) is 14.1. The van der Waals surface area contributed by atoms with E-state index in [1.54, 1.807) is 0 Å². The SMILES string of the molecule is CCNC1(C(=O)O)CCC(N2CCCC2CC)C1. The molecule has 4 nitrogen and oxygen atoms in total. The minimum atomic E-state index is -0.668. The smallest absolute Gasteiger partial charge is 0.323 e. The van der Waals surface area contributed by atoms with Crippen LogP contribution in [0.25, 0.3) is 0 Å². The Hall–Kier alpha value is -0.610. The number of likely N-dealkylation sites (N-methyl/N-ethyl adjacent to an activating group) is 1. The molecule has 2 N–H and O–H groups in total. The van der Waals surface area contributed by atoms with Gasteiger partial charge in [0.15, 0.2) is 0 Å². The van der Waals surface area contributed by atoms with Gasteiger partial charge in [-0.15, -0.1) is 0 Å². The number of carbonyl (C=O) groups is 1. The maximum absolute atomic E-state index is 11.5. The first-order chi connectivity index (χ1) is 8.63. The lowest BCUT2D eigenvalue weighted by Crippen LogP contribution is -2.51. The maximum Gasteiger partial charge on any atom is 0.323 e. The van der Waals surface area contributed by atoms with Crippen molar-refractivity contribution in [3.8, 4) is 0 Å². The van der Waals surface area contributed by atoms with E-state index in [9.17, 15) is 9.90 Å². The van der Waals surface area contributed by atoms with Gasteiger partial charge in [0.05, 0.1) is 0 Å². The number of hydrogen-bond donors (Lipinski definition) is 2. The summed E-state index contributed by atoms with van der Waals surface area (Å²) in [5.41, 5.74) is -0.666. The lowest BCUT2D eigenvalue weighted by Gasteiger charge is -2.32. The highest BCUT2D eigenvalue weighted by atomic mass is 16.4. The second-order valence-electron chi connectivity index (χ2n) is 5.76. The highest BCUT2D eigenvalue weighted by molar-refractivity contribution is 5.79. The van der Waals surface area contributed by atoms with Crippen LogP contribution >= 0.6 is 0 Å². The van der Waals surface area contributed by atoms with Crippen LogP contribution in [0.1, 0.15) is 52.4 Å². The van der Waals surface area contributed by atoms with Crippen molar-refractivity contribution in [2.45, 2.75) is 70.0 Å². The fourth-order valence-electron chi connectivity index (χ4n) is 3.85. The third kappa shape index (κ3) is 2.41. The highest BCUT2D eigenvalue weighted by Gasteiger charge is 2.47. The van der Waals surface area contributed by atoms with Gasteiger partial charge in [0.2, 0.25) is 0 Å². The largest absolute Gasteiger partial charge is 0.480 e. The van der Waals surface area contributed by atoms with Crippen LogP contribution in [0.3, 0.4) is 0 Å². The number of carboxylic acid groups (broad SMARTS) is 1. The molecule has 2 fully saturated rings. The predicted molar refractivity (Wildman–Crippen MR) is 71.7 cm³/mol. The van der Waals surface area contributed by atoms with Crippen molar-refractivity contribution in [3.05, 3.63) is 0 Å². The Kier molecular flexibility index (Phi) is 4.28. The van der Waals surface area contributed by atoms with Crippen LogP contribution in [0.15, 0.2) is 0 Å². The van der Waals surface area contributed by atoms with Gasteiger partial charge in [-0.2, -0.15) is 0 Å². The molecule has 0 bridgehead atoms. The van der Waals surface area contributed by atoms with E-state index in [-0.39, 0.29) is 0 Å². The van der Waals surface area contributed by atoms with Crippen molar-refractivity contribution >= 4 is 5.97 Å². The van der Waals surface area contributed by atoms with Crippen LogP contribution in [-0.4, -0.2) is 46.7 Å². The first-order valence-electron chi connectivity index (χ1n) is 7.37. The van der Waals surface area contributed by atoms with Gasteiger partial charge in [-0.1, -0.05) is 13.8 Å². The summed E-state index contributed by atoms with van der Waals surface area (Å²) in [6, 6.07) is 1.15. The number of rotatable bonds is 5. The van der Waals surface area contributed by atoms with E-state index in [4.69, 9.17) is 0 Å². The molecule has 104 valence electrons. The third-order valence-corrected chi connectivity index (χ3v) is 4.78. The monoisotopic (exact) mass is 254 g/mol. The summed E-state index contributed by atoms with van der Waals surface area (Å²) < 4.78 is 0. The second-order valence-corrected chi connectivity index (χ2v) is 5.76. The zero-order valence-electron chi connectivity index (χ0n) is 11.6. The first kappa shape index (κ1) is 13.8. The Morgan fingerprint density at radius 2 is 2.22 bits per heavy atom. The summed E-state index contributed by atoms with van der Waals surface area (Å²) in [5, 5.41) is 12.7. The number of hydrogen-bond acceptors (Lipinski definition) is 3. The maximum atomic E-state index is 11.5. The van der Waals surface area contributed by atoms with E-state index in [0.29, 0.717) is 12.1 Å². The molecule has 2 rings (SSSR count). The molecule has 1 aliphatic carbocycles. The summed E-state index contributed by atoms with van der Waals surface area (Å²) in [5.74, 6) is -0.668. The normalized spacial score (nSPS) is 37.2. The van der Waals surface area contributed by atoms with E-state index in [2.05, 4.69) is 17.1 Å². The zero-order chi connectivity index (χ0) is 13.2. The molecular weight excluding hydrogens is 228 g/mol.